The molecule has 2 aliphatic rings. The topological polar surface area (TPSA) is 40.5 Å². The van der Waals surface area contributed by atoms with Gasteiger partial charge in [-0.05, 0) is 81.5 Å². The largest absolute Gasteiger partial charge is 0.378 e. The summed E-state index contributed by atoms with van der Waals surface area (Å²) in [7, 11) is 0. The zero-order valence-electron chi connectivity index (χ0n) is 17.1. The first-order chi connectivity index (χ1) is 12.4. The molecule has 1 unspecified atom stereocenters. The quantitative estimate of drug-likeness (QED) is 0.673. The van der Waals surface area contributed by atoms with E-state index in [0.717, 1.165) is 49.9 Å². The minimum Gasteiger partial charge on any atom is -0.378 e. The fourth-order valence-corrected chi connectivity index (χ4v) is 4.93. The normalized spacial score (nSPS) is 34.0. The van der Waals surface area contributed by atoms with Gasteiger partial charge in [-0.25, -0.2) is 0 Å². The first kappa shape index (κ1) is 21.3. The van der Waals surface area contributed by atoms with Gasteiger partial charge in [0.15, 0.2) is 0 Å². The van der Waals surface area contributed by atoms with Crippen molar-refractivity contribution in [2.45, 2.75) is 109 Å². The van der Waals surface area contributed by atoms with Crippen molar-refractivity contribution in [3.63, 3.8) is 0 Å². The smallest absolute Gasteiger partial charge is 0.126 e. The van der Waals surface area contributed by atoms with E-state index >= 15 is 0 Å². The predicted octanol–water partition coefficient (Wildman–Crippen LogP) is 5.07. The summed E-state index contributed by atoms with van der Waals surface area (Å²) in [6.07, 6.45) is 13.6. The zero-order valence-corrected chi connectivity index (χ0v) is 17.1. The highest BCUT2D eigenvalue weighted by Gasteiger charge is 2.36. The molecular weight excluding hydrogens is 320 g/mol. The van der Waals surface area contributed by atoms with Gasteiger partial charge in [0, 0.05) is 0 Å². The number of hydrogen-bond acceptors (Lipinski definition) is 2. The van der Waals surface area contributed by atoms with E-state index < -0.39 is 11.2 Å². The molecule has 1 atom stereocenters. The molecular formula is C24H38O2. The molecule has 0 aromatic heterocycles. The van der Waals surface area contributed by atoms with E-state index in [0.29, 0.717) is 6.42 Å². The van der Waals surface area contributed by atoms with Crippen molar-refractivity contribution in [2.75, 3.05) is 0 Å². The summed E-state index contributed by atoms with van der Waals surface area (Å²) in [6.45, 7) is 6.05. The molecule has 0 aromatic carbocycles. The summed E-state index contributed by atoms with van der Waals surface area (Å²) in [5, 5.41) is 20.8. The van der Waals surface area contributed by atoms with Gasteiger partial charge in [0.2, 0.25) is 0 Å². The van der Waals surface area contributed by atoms with Crippen molar-refractivity contribution < 1.29 is 10.2 Å². The summed E-state index contributed by atoms with van der Waals surface area (Å²) < 4.78 is 0. The van der Waals surface area contributed by atoms with Gasteiger partial charge in [-0.1, -0.05) is 57.8 Å². The Morgan fingerprint density at radius 1 is 0.923 bits per heavy atom. The molecule has 0 heterocycles. The van der Waals surface area contributed by atoms with Crippen LogP contribution in [0.5, 0.6) is 0 Å². The molecule has 0 aromatic rings. The molecule has 0 radical (unpaired) electrons. The van der Waals surface area contributed by atoms with Gasteiger partial charge in [-0.2, -0.15) is 0 Å². The standard InChI is InChI=1S/C24H38O2/c1-4-8-20-9-11-21(12-10-20)22-13-18-24(26,19-14-22)17-7-6-16-23(3,25)15-5-2/h20-22,25-26H,4-5,8-15,18-19H2,1-3H3. The molecule has 2 nitrogen and oxygen atoms in total. The average Bonchev–Trinajstić information content (AvgIpc) is 2.61. The Morgan fingerprint density at radius 3 is 2.12 bits per heavy atom. The predicted molar refractivity (Wildman–Crippen MR) is 108 cm³/mol. The molecule has 0 saturated heterocycles. The van der Waals surface area contributed by atoms with Crippen LogP contribution in [0.3, 0.4) is 0 Å². The van der Waals surface area contributed by atoms with Gasteiger partial charge in [-0.3, -0.25) is 0 Å². The second-order valence-corrected chi connectivity index (χ2v) is 8.96. The summed E-state index contributed by atoms with van der Waals surface area (Å²) >= 11 is 0. The second-order valence-electron chi connectivity index (χ2n) is 8.96. The highest BCUT2D eigenvalue weighted by Crippen LogP contribution is 2.43. The van der Waals surface area contributed by atoms with Gasteiger partial charge >= 0.3 is 0 Å². The summed E-state index contributed by atoms with van der Waals surface area (Å²) in [5.74, 6) is 14.0. The lowest BCUT2D eigenvalue weighted by Crippen LogP contribution is -2.35. The molecule has 2 rings (SSSR count). The lowest BCUT2D eigenvalue weighted by molar-refractivity contribution is 0.0256. The third-order valence-corrected chi connectivity index (χ3v) is 6.54. The maximum Gasteiger partial charge on any atom is 0.126 e. The van der Waals surface area contributed by atoms with Crippen molar-refractivity contribution >= 4 is 0 Å². The lowest BCUT2D eigenvalue weighted by Gasteiger charge is -2.39. The van der Waals surface area contributed by atoms with E-state index in [4.69, 9.17) is 0 Å². The van der Waals surface area contributed by atoms with Gasteiger partial charge in [0.05, 0.1) is 0 Å². The van der Waals surface area contributed by atoms with Crippen molar-refractivity contribution in [2.24, 2.45) is 17.8 Å². The van der Waals surface area contributed by atoms with Crippen LogP contribution in [0.2, 0.25) is 0 Å². The molecule has 26 heavy (non-hydrogen) atoms. The Bertz CT molecular complexity index is 538. The zero-order chi connectivity index (χ0) is 19.0. The Balaban J connectivity index is 1.81. The molecule has 2 N–H and O–H groups in total. The van der Waals surface area contributed by atoms with Crippen LogP contribution < -0.4 is 0 Å². The molecule has 2 aliphatic carbocycles. The van der Waals surface area contributed by atoms with E-state index in [-0.39, 0.29) is 0 Å². The summed E-state index contributed by atoms with van der Waals surface area (Å²) in [6, 6.07) is 0. The van der Waals surface area contributed by atoms with Crippen molar-refractivity contribution in [1.82, 2.24) is 0 Å². The molecule has 0 bridgehead atoms. The van der Waals surface area contributed by atoms with E-state index in [2.05, 4.69) is 30.6 Å². The summed E-state index contributed by atoms with van der Waals surface area (Å²) in [5.41, 5.74) is -1.85. The van der Waals surface area contributed by atoms with E-state index in [1.54, 1.807) is 6.92 Å². The first-order valence-electron chi connectivity index (χ1n) is 10.9. The minimum atomic E-state index is -0.972. The van der Waals surface area contributed by atoms with Crippen LogP contribution in [-0.4, -0.2) is 21.4 Å². The highest BCUT2D eigenvalue weighted by atomic mass is 16.3. The third-order valence-electron chi connectivity index (χ3n) is 6.54. The maximum absolute atomic E-state index is 10.7. The summed E-state index contributed by atoms with van der Waals surface area (Å²) in [4.78, 5) is 0. The van der Waals surface area contributed by atoms with E-state index in [1.165, 1.54) is 38.5 Å². The van der Waals surface area contributed by atoms with Crippen LogP contribution in [0.15, 0.2) is 0 Å². The fourth-order valence-electron chi connectivity index (χ4n) is 4.93. The SMILES string of the molecule is CCCC1CCC(C2CCC(O)(C#CC#CC(C)(O)CCC)CC2)CC1. The van der Waals surface area contributed by atoms with Gasteiger partial charge in [0.25, 0.3) is 0 Å². The van der Waals surface area contributed by atoms with Crippen molar-refractivity contribution in [3.05, 3.63) is 0 Å². The van der Waals surface area contributed by atoms with Crippen LogP contribution in [0, 0.1) is 41.4 Å². The van der Waals surface area contributed by atoms with Crippen molar-refractivity contribution in [1.29, 1.82) is 0 Å². The number of aliphatic hydroxyl groups is 2. The Kier molecular flexibility index (Phi) is 8.06. The average molecular weight is 359 g/mol. The Morgan fingerprint density at radius 2 is 1.54 bits per heavy atom. The molecule has 0 spiro atoms. The van der Waals surface area contributed by atoms with E-state index in [1.807, 2.05) is 6.92 Å². The molecule has 2 heteroatoms. The molecule has 0 aliphatic heterocycles. The van der Waals surface area contributed by atoms with Crippen LogP contribution in [0.4, 0.5) is 0 Å². The van der Waals surface area contributed by atoms with Gasteiger partial charge in [-0.15, -0.1) is 0 Å². The van der Waals surface area contributed by atoms with Crippen LogP contribution in [-0.2, 0) is 0 Å². The highest BCUT2D eigenvalue weighted by molar-refractivity contribution is 5.32. The molecule has 146 valence electrons. The number of rotatable bonds is 5. The third kappa shape index (κ3) is 6.64. The van der Waals surface area contributed by atoms with Crippen molar-refractivity contribution in [3.8, 4) is 23.7 Å². The van der Waals surface area contributed by atoms with Crippen LogP contribution in [0.1, 0.15) is 97.8 Å². The molecule has 0 amide bonds. The van der Waals surface area contributed by atoms with Gasteiger partial charge in [0.1, 0.15) is 11.2 Å². The molecule has 2 saturated carbocycles. The fraction of sp³-hybridized carbons (Fsp3) is 0.833. The minimum absolute atomic E-state index is 0.647. The first-order valence-corrected chi connectivity index (χ1v) is 10.9. The van der Waals surface area contributed by atoms with E-state index in [9.17, 15) is 10.2 Å². The van der Waals surface area contributed by atoms with Crippen LogP contribution >= 0.6 is 0 Å². The molecule has 2 fully saturated rings. The number of hydrogen-bond donors (Lipinski definition) is 2. The second kappa shape index (κ2) is 9.82. The van der Waals surface area contributed by atoms with Crippen LogP contribution in [0.25, 0.3) is 0 Å². The Hall–Kier alpha value is -0.960. The Labute approximate surface area is 161 Å². The maximum atomic E-state index is 10.7. The van der Waals surface area contributed by atoms with Gasteiger partial charge < -0.3 is 10.2 Å². The monoisotopic (exact) mass is 358 g/mol. The lowest BCUT2D eigenvalue weighted by atomic mass is 9.68.